The first-order chi connectivity index (χ1) is 14.2. The van der Waals surface area contributed by atoms with Gasteiger partial charge in [0.05, 0.1) is 17.9 Å². The van der Waals surface area contributed by atoms with Gasteiger partial charge in [0.15, 0.2) is 0 Å². The summed E-state index contributed by atoms with van der Waals surface area (Å²) in [7, 11) is 0. The van der Waals surface area contributed by atoms with Crippen molar-refractivity contribution < 1.29 is 9.53 Å². The molecule has 0 bridgehead atoms. The number of fused-ring (bicyclic) bond motifs is 1. The molecule has 0 spiro atoms. The maximum atomic E-state index is 13.0. The highest BCUT2D eigenvalue weighted by Crippen LogP contribution is 2.24. The Hall–Kier alpha value is -3.68. The van der Waals surface area contributed by atoms with Gasteiger partial charge in [0.1, 0.15) is 29.4 Å². The average Bonchev–Trinajstić information content (AvgIpc) is 3.29. The molecule has 1 fully saturated rings. The fourth-order valence-electron chi connectivity index (χ4n) is 3.54. The number of amides is 1. The highest BCUT2D eigenvalue weighted by molar-refractivity contribution is 5.95. The number of aromatic nitrogens is 5. The van der Waals surface area contributed by atoms with E-state index in [1.807, 2.05) is 81.8 Å². The summed E-state index contributed by atoms with van der Waals surface area (Å²) in [6.07, 6.45) is 3.76. The zero-order valence-corrected chi connectivity index (χ0v) is 16.0. The summed E-state index contributed by atoms with van der Waals surface area (Å²) < 4.78 is 9.37. The molecule has 1 aliphatic rings. The molecule has 0 unspecified atom stereocenters. The third-order valence-corrected chi connectivity index (χ3v) is 5.12. The van der Waals surface area contributed by atoms with Crippen LogP contribution in [0.4, 0.5) is 0 Å². The molecule has 8 heteroatoms. The Morgan fingerprint density at radius 2 is 1.93 bits per heavy atom. The average molecular weight is 388 g/mol. The largest absolute Gasteiger partial charge is 0.487 e. The summed E-state index contributed by atoms with van der Waals surface area (Å²) in [5, 5.41) is 8.39. The molecule has 1 aromatic carbocycles. The number of ether oxygens (including phenoxy) is 1. The molecule has 0 atom stereocenters. The summed E-state index contributed by atoms with van der Waals surface area (Å²) in [6.45, 7) is 3.43. The lowest BCUT2D eigenvalue weighted by atomic mass is 10.1. The molecule has 0 N–H and O–H groups in total. The Labute approximate surface area is 167 Å². The number of rotatable bonds is 5. The lowest BCUT2D eigenvalue weighted by molar-refractivity contribution is 0.0490. The minimum atomic E-state index is -0.00907. The summed E-state index contributed by atoms with van der Waals surface area (Å²) in [5.41, 5.74) is 2.90. The van der Waals surface area contributed by atoms with Crippen molar-refractivity contribution in [3.8, 4) is 5.75 Å². The second kappa shape index (κ2) is 7.05. The van der Waals surface area contributed by atoms with Gasteiger partial charge in [-0.2, -0.15) is 0 Å². The Kier molecular flexibility index (Phi) is 4.23. The van der Waals surface area contributed by atoms with E-state index in [4.69, 9.17) is 4.74 Å². The lowest BCUT2D eigenvalue weighted by Crippen LogP contribution is -2.51. The van der Waals surface area contributed by atoms with Gasteiger partial charge < -0.3 is 9.64 Å². The first-order valence-corrected chi connectivity index (χ1v) is 9.50. The van der Waals surface area contributed by atoms with Crippen molar-refractivity contribution in [2.45, 2.75) is 19.6 Å². The fourth-order valence-corrected chi connectivity index (χ4v) is 3.54. The summed E-state index contributed by atoms with van der Waals surface area (Å²) in [5.74, 6) is 0.788. The van der Waals surface area contributed by atoms with Crippen LogP contribution in [0.15, 0.2) is 60.9 Å². The van der Waals surface area contributed by atoms with Gasteiger partial charge in [-0.1, -0.05) is 29.5 Å². The molecular weight excluding hydrogens is 368 g/mol. The Morgan fingerprint density at radius 1 is 1.14 bits per heavy atom. The van der Waals surface area contributed by atoms with Crippen LogP contribution in [0.5, 0.6) is 5.75 Å². The first-order valence-electron chi connectivity index (χ1n) is 9.50. The van der Waals surface area contributed by atoms with Crippen molar-refractivity contribution in [3.63, 3.8) is 0 Å². The molecule has 1 saturated heterocycles. The molecule has 3 aromatic heterocycles. The summed E-state index contributed by atoms with van der Waals surface area (Å²) in [6, 6.07) is 15.5. The van der Waals surface area contributed by atoms with Crippen LogP contribution < -0.4 is 4.74 Å². The van der Waals surface area contributed by atoms with Gasteiger partial charge in [0.2, 0.25) is 0 Å². The Morgan fingerprint density at radius 3 is 2.76 bits per heavy atom. The van der Waals surface area contributed by atoms with Gasteiger partial charge in [-0.25, -0.2) is 9.67 Å². The molecule has 29 heavy (non-hydrogen) atoms. The van der Waals surface area contributed by atoms with Crippen LogP contribution in [0.25, 0.3) is 5.65 Å². The Balaban J connectivity index is 1.22. The maximum Gasteiger partial charge on any atom is 0.272 e. The highest BCUT2D eigenvalue weighted by Gasteiger charge is 2.35. The van der Waals surface area contributed by atoms with Crippen LogP contribution in [-0.2, 0) is 6.61 Å². The molecule has 4 heterocycles. The maximum absolute atomic E-state index is 13.0. The van der Waals surface area contributed by atoms with E-state index in [0.29, 0.717) is 25.4 Å². The number of para-hydroxylation sites is 1. The normalized spacial score (nSPS) is 14.2. The van der Waals surface area contributed by atoms with Crippen LogP contribution in [0.3, 0.4) is 0 Å². The SMILES string of the molecule is Cc1nc2ccccn2c1C(=O)N1CC(n2cc(COc3ccccc3)nn2)C1. The van der Waals surface area contributed by atoms with Gasteiger partial charge in [0.25, 0.3) is 5.91 Å². The fraction of sp³-hybridized carbons (Fsp3) is 0.238. The minimum absolute atomic E-state index is 0.00907. The predicted molar refractivity (Wildman–Crippen MR) is 106 cm³/mol. The van der Waals surface area contributed by atoms with Gasteiger partial charge >= 0.3 is 0 Å². The standard InChI is InChI=1S/C21H20N6O2/c1-15-20(26-10-6-5-9-19(26)22-15)21(28)25-12-17(13-25)27-11-16(23-24-27)14-29-18-7-3-2-4-8-18/h2-11,17H,12-14H2,1H3. The van der Waals surface area contributed by atoms with E-state index in [9.17, 15) is 4.79 Å². The molecule has 4 aromatic rings. The molecule has 146 valence electrons. The number of likely N-dealkylation sites (tertiary alicyclic amines) is 1. The zero-order chi connectivity index (χ0) is 19.8. The van der Waals surface area contributed by atoms with E-state index in [1.165, 1.54) is 0 Å². The molecule has 0 radical (unpaired) electrons. The van der Waals surface area contributed by atoms with Crippen molar-refractivity contribution in [2.24, 2.45) is 0 Å². The number of hydrogen-bond acceptors (Lipinski definition) is 5. The van der Waals surface area contributed by atoms with E-state index < -0.39 is 0 Å². The molecule has 0 saturated carbocycles. The monoisotopic (exact) mass is 388 g/mol. The minimum Gasteiger partial charge on any atom is -0.487 e. The third kappa shape index (κ3) is 3.22. The van der Waals surface area contributed by atoms with Crippen LogP contribution >= 0.6 is 0 Å². The van der Waals surface area contributed by atoms with Gasteiger partial charge in [-0.15, -0.1) is 5.10 Å². The number of pyridine rings is 1. The van der Waals surface area contributed by atoms with E-state index in [2.05, 4.69) is 15.3 Å². The molecule has 1 amide bonds. The molecular formula is C21H20N6O2. The number of carbonyl (C=O) groups excluding carboxylic acids is 1. The third-order valence-electron chi connectivity index (χ3n) is 5.12. The van der Waals surface area contributed by atoms with E-state index in [0.717, 1.165) is 22.8 Å². The highest BCUT2D eigenvalue weighted by atomic mass is 16.5. The number of imidazole rings is 1. The van der Waals surface area contributed by atoms with E-state index in [-0.39, 0.29) is 11.9 Å². The number of carbonyl (C=O) groups is 1. The number of aryl methyl sites for hydroxylation is 1. The van der Waals surface area contributed by atoms with Crippen molar-refractivity contribution in [3.05, 3.63) is 78.0 Å². The quantitative estimate of drug-likeness (QED) is 0.525. The second-order valence-electron chi connectivity index (χ2n) is 7.13. The van der Waals surface area contributed by atoms with Gasteiger partial charge in [0, 0.05) is 19.3 Å². The molecule has 1 aliphatic heterocycles. The van der Waals surface area contributed by atoms with Crippen LogP contribution in [0, 0.1) is 6.92 Å². The topological polar surface area (TPSA) is 77.6 Å². The molecule has 8 nitrogen and oxygen atoms in total. The summed E-state index contributed by atoms with van der Waals surface area (Å²) >= 11 is 0. The van der Waals surface area contributed by atoms with Gasteiger partial charge in [-0.05, 0) is 31.2 Å². The van der Waals surface area contributed by atoms with Crippen molar-refractivity contribution in [2.75, 3.05) is 13.1 Å². The van der Waals surface area contributed by atoms with E-state index in [1.54, 1.807) is 0 Å². The molecule has 0 aliphatic carbocycles. The second-order valence-corrected chi connectivity index (χ2v) is 7.13. The smallest absolute Gasteiger partial charge is 0.272 e. The number of nitrogens with zero attached hydrogens (tertiary/aromatic N) is 6. The van der Waals surface area contributed by atoms with Gasteiger partial charge in [-0.3, -0.25) is 9.20 Å². The van der Waals surface area contributed by atoms with Crippen molar-refractivity contribution in [1.29, 1.82) is 0 Å². The van der Waals surface area contributed by atoms with Crippen LogP contribution in [0.1, 0.15) is 27.9 Å². The van der Waals surface area contributed by atoms with Crippen LogP contribution in [-0.4, -0.2) is 48.3 Å². The van der Waals surface area contributed by atoms with Crippen molar-refractivity contribution in [1.82, 2.24) is 29.3 Å². The Bertz CT molecular complexity index is 1160. The predicted octanol–water partition coefficient (Wildman–Crippen LogP) is 2.51. The van der Waals surface area contributed by atoms with E-state index >= 15 is 0 Å². The van der Waals surface area contributed by atoms with Crippen LogP contribution in [0.2, 0.25) is 0 Å². The number of hydrogen-bond donors (Lipinski definition) is 0. The zero-order valence-electron chi connectivity index (χ0n) is 16.0. The number of benzene rings is 1. The molecule has 5 rings (SSSR count). The van der Waals surface area contributed by atoms with Crippen molar-refractivity contribution >= 4 is 11.6 Å². The first kappa shape index (κ1) is 17.4. The lowest BCUT2D eigenvalue weighted by Gasteiger charge is -2.38. The summed E-state index contributed by atoms with van der Waals surface area (Å²) in [4.78, 5) is 19.3.